The number of hydrogen-bond acceptors (Lipinski definition) is 1. The highest BCUT2D eigenvalue weighted by atomic mass is 28.3. The largest absolute Gasteiger partial charge is 0.335 e. The topological polar surface area (TPSA) is 20.3 Å². The summed E-state index contributed by atoms with van der Waals surface area (Å²) in [6, 6.07) is 21.3. The first kappa shape index (κ1) is 20.7. The zero-order valence-corrected chi connectivity index (χ0v) is 17.2. The molecule has 0 saturated carbocycles. The Kier molecular flexibility index (Phi) is 8.02. The van der Waals surface area contributed by atoms with Crippen molar-refractivity contribution in [3.8, 4) is 0 Å². The Morgan fingerprint density at radius 1 is 0.926 bits per heavy atom. The third kappa shape index (κ3) is 5.66. The molecule has 140 valence electrons. The molecule has 0 aliphatic heterocycles. The van der Waals surface area contributed by atoms with E-state index in [0.29, 0.717) is 25.9 Å². The predicted octanol–water partition coefficient (Wildman–Crippen LogP) is 3.96. The lowest BCUT2D eigenvalue weighted by Crippen LogP contribution is -2.54. The minimum absolute atomic E-state index is 0.141. The highest BCUT2D eigenvalue weighted by Crippen LogP contribution is 2.08. The van der Waals surface area contributed by atoms with Crippen LogP contribution in [-0.4, -0.2) is 32.0 Å². The van der Waals surface area contributed by atoms with Gasteiger partial charge in [-0.05, 0) is 6.42 Å². The fourth-order valence-corrected chi connectivity index (χ4v) is 6.23. The van der Waals surface area contributed by atoms with Crippen molar-refractivity contribution in [2.45, 2.75) is 19.4 Å². The van der Waals surface area contributed by atoms with Crippen LogP contribution in [0.25, 0.3) is 0 Å². The van der Waals surface area contributed by atoms with Gasteiger partial charge in [0.25, 0.3) is 0 Å². The fraction of sp³-hybridized carbons (Fsp3) is 0.208. The predicted molar refractivity (Wildman–Crippen MR) is 119 cm³/mol. The van der Waals surface area contributed by atoms with Gasteiger partial charge < -0.3 is 4.90 Å². The molecule has 3 heteroatoms. The molecule has 2 rings (SSSR count). The Labute approximate surface area is 164 Å². The maximum atomic E-state index is 12.4. The molecule has 0 radical (unpaired) electrons. The summed E-state index contributed by atoms with van der Waals surface area (Å²) in [5.74, 6) is 0.141. The van der Waals surface area contributed by atoms with Gasteiger partial charge in [0, 0.05) is 19.5 Å². The quantitative estimate of drug-likeness (QED) is 0.455. The van der Waals surface area contributed by atoms with Gasteiger partial charge in [0.1, 0.15) is 8.07 Å². The number of carbonyl (C=O) groups excluding carboxylic acids is 1. The Morgan fingerprint density at radius 3 is 1.96 bits per heavy atom. The summed E-state index contributed by atoms with van der Waals surface area (Å²) in [7, 11) is -2.01. The summed E-state index contributed by atoms with van der Waals surface area (Å²) in [4.78, 5) is 14.2. The van der Waals surface area contributed by atoms with E-state index in [0.717, 1.165) is 0 Å². The van der Waals surface area contributed by atoms with Crippen LogP contribution in [0.5, 0.6) is 0 Å². The summed E-state index contributed by atoms with van der Waals surface area (Å²) in [5, 5.41) is 2.72. The van der Waals surface area contributed by atoms with Crippen molar-refractivity contribution in [2.75, 3.05) is 13.1 Å². The maximum absolute atomic E-state index is 12.4. The molecule has 0 spiro atoms. The molecule has 0 unspecified atom stereocenters. The third-order valence-electron chi connectivity index (χ3n) is 4.79. The maximum Gasteiger partial charge on any atom is 0.223 e. The second-order valence-corrected chi connectivity index (χ2v) is 10.6. The minimum Gasteiger partial charge on any atom is -0.335 e. The van der Waals surface area contributed by atoms with E-state index in [9.17, 15) is 4.79 Å². The van der Waals surface area contributed by atoms with Crippen molar-refractivity contribution < 1.29 is 4.79 Å². The van der Waals surface area contributed by atoms with Crippen LogP contribution >= 0.6 is 0 Å². The van der Waals surface area contributed by atoms with Crippen molar-refractivity contribution in [2.24, 2.45) is 0 Å². The van der Waals surface area contributed by atoms with Gasteiger partial charge >= 0.3 is 0 Å². The molecule has 0 saturated heterocycles. The van der Waals surface area contributed by atoms with E-state index in [1.807, 2.05) is 4.90 Å². The van der Waals surface area contributed by atoms with Crippen LogP contribution in [0.3, 0.4) is 0 Å². The zero-order chi connectivity index (χ0) is 19.5. The van der Waals surface area contributed by atoms with Gasteiger partial charge in [-0.1, -0.05) is 102 Å². The first-order valence-corrected chi connectivity index (χ1v) is 12.0. The Balaban J connectivity index is 2.25. The molecule has 0 bridgehead atoms. The van der Waals surface area contributed by atoms with Gasteiger partial charge in [0.2, 0.25) is 5.91 Å². The molecule has 1 amide bonds. The van der Waals surface area contributed by atoms with Crippen LogP contribution in [0.4, 0.5) is 0 Å². The second kappa shape index (κ2) is 10.5. The fourth-order valence-electron chi connectivity index (χ4n) is 3.16. The summed E-state index contributed by atoms with van der Waals surface area (Å²) in [5.41, 5.74) is 2.34. The summed E-state index contributed by atoms with van der Waals surface area (Å²) in [6.07, 6.45) is 6.93. The molecule has 0 aromatic heterocycles. The SMILES string of the molecule is C=CCCC(=O)N(CC=C)C/C=C/[Si](C)(c1ccccc1)c1ccccc1. The van der Waals surface area contributed by atoms with Gasteiger partial charge in [0.15, 0.2) is 0 Å². The minimum atomic E-state index is -2.01. The van der Waals surface area contributed by atoms with Crippen LogP contribution in [0.1, 0.15) is 12.8 Å². The Hall–Kier alpha value is -2.65. The smallest absolute Gasteiger partial charge is 0.223 e. The van der Waals surface area contributed by atoms with E-state index in [1.165, 1.54) is 10.4 Å². The lowest BCUT2D eigenvalue weighted by molar-refractivity contribution is -0.130. The molecule has 2 aromatic carbocycles. The van der Waals surface area contributed by atoms with E-state index in [4.69, 9.17) is 0 Å². The van der Waals surface area contributed by atoms with Crippen molar-refractivity contribution in [3.63, 3.8) is 0 Å². The van der Waals surface area contributed by atoms with Crippen LogP contribution in [0.2, 0.25) is 6.55 Å². The van der Waals surface area contributed by atoms with Gasteiger partial charge in [-0.2, -0.15) is 0 Å². The highest BCUT2D eigenvalue weighted by Gasteiger charge is 2.28. The number of nitrogens with zero attached hydrogens (tertiary/aromatic N) is 1. The molecule has 0 fully saturated rings. The van der Waals surface area contributed by atoms with Crippen molar-refractivity contribution >= 4 is 24.4 Å². The second-order valence-electron chi connectivity index (χ2n) is 6.75. The molecule has 2 aromatic rings. The first-order valence-electron chi connectivity index (χ1n) is 9.40. The van der Waals surface area contributed by atoms with E-state index in [2.05, 4.69) is 92.1 Å². The first-order chi connectivity index (χ1) is 13.1. The number of benzene rings is 2. The van der Waals surface area contributed by atoms with Crippen molar-refractivity contribution in [3.05, 3.63) is 97.7 Å². The lowest BCUT2D eigenvalue weighted by Gasteiger charge is -2.26. The Bertz CT molecular complexity index is 728. The van der Waals surface area contributed by atoms with Crippen LogP contribution in [-0.2, 0) is 4.79 Å². The monoisotopic (exact) mass is 375 g/mol. The molecule has 27 heavy (non-hydrogen) atoms. The number of allylic oxidation sites excluding steroid dienone is 1. The van der Waals surface area contributed by atoms with E-state index in [-0.39, 0.29) is 5.91 Å². The van der Waals surface area contributed by atoms with E-state index >= 15 is 0 Å². The van der Waals surface area contributed by atoms with Crippen LogP contribution in [0.15, 0.2) is 97.7 Å². The third-order valence-corrected chi connectivity index (χ3v) is 8.76. The molecule has 0 aliphatic carbocycles. The molecular formula is C24H29NOSi. The number of hydrogen-bond donors (Lipinski definition) is 0. The van der Waals surface area contributed by atoms with E-state index in [1.54, 1.807) is 12.2 Å². The van der Waals surface area contributed by atoms with Gasteiger partial charge in [0.05, 0.1) is 0 Å². The molecule has 0 aliphatic rings. The molecule has 2 nitrogen and oxygen atoms in total. The normalized spacial score (nSPS) is 11.3. The zero-order valence-electron chi connectivity index (χ0n) is 16.2. The molecular weight excluding hydrogens is 346 g/mol. The molecule has 0 heterocycles. The summed E-state index contributed by atoms with van der Waals surface area (Å²) < 4.78 is 0. The average Bonchev–Trinajstić information content (AvgIpc) is 2.72. The van der Waals surface area contributed by atoms with Gasteiger partial charge in [-0.15, -0.1) is 13.2 Å². The van der Waals surface area contributed by atoms with Crippen LogP contribution in [0, 0.1) is 0 Å². The highest BCUT2D eigenvalue weighted by molar-refractivity contribution is 7.05. The number of amides is 1. The molecule has 0 atom stereocenters. The summed E-state index contributed by atoms with van der Waals surface area (Å²) >= 11 is 0. The van der Waals surface area contributed by atoms with Crippen LogP contribution < -0.4 is 10.4 Å². The van der Waals surface area contributed by atoms with Gasteiger partial charge in [-0.25, -0.2) is 0 Å². The average molecular weight is 376 g/mol. The lowest BCUT2D eigenvalue weighted by atomic mass is 10.2. The number of rotatable bonds is 10. The van der Waals surface area contributed by atoms with E-state index < -0.39 is 8.07 Å². The Morgan fingerprint density at radius 2 is 1.48 bits per heavy atom. The van der Waals surface area contributed by atoms with Crippen molar-refractivity contribution in [1.82, 2.24) is 4.90 Å². The number of carbonyl (C=O) groups is 1. The van der Waals surface area contributed by atoms with Crippen molar-refractivity contribution in [1.29, 1.82) is 0 Å². The molecule has 0 N–H and O–H groups in total. The summed E-state index contributed by atoms with van der Waals surface area (Å²) in [6.45, 7) is 11.0. The standard InChI is InChI=1S/C24H29NOSi/c1-4-6-18-24(26)25(19-5-2)20-13-21-27(3,22-14-9-7-10-15-22)23-16-11-8-12-17-23/h4-5,7-17,21H,1-2,6,18-20H2,3H3/b21-13+. The van der Waals surface area contributed by atoms with Gasteiger partial charge in [-0.3, -0.25) is 4.79 Å².